The molecule has 0 amide bonds. The fourth-order valence-corrected chi connectivity index (χ4v) is 5.80. The van der Waals surface area contributed by atoms with Crippen molar-refractivity contribution >= 4 is 19.2 Å². The lowest BCUT2D eigenvalue weighted by Crippen LogP contribution is -3.00. The van der Waals surface area contributed by atoms with Crippen molar-refractivity contribution in [2.75, 3.05) is 37.9 Å². The van der Waals surface area contributed by atoms with Crippen molar-refractivity contribution in [1.82, 2.24) is 0 Å². The number of hydrogen-bond donors (Lipinski definition) is 1. The van der Waals surface area contributed by atoms with Gasteiger partial charge in [-0.2, -0.15) is 0 Å². The molecule has 0 aromatic heterocycles. The monoisotopic (exact) mass is 382 g/mol. The molecule has 0 aromatic carbocycles. The molecule has 0 saturated heterocycles. The number of ether oxygens (including phenoxy) is 2. The van der Waals surface area contributed by atoms with Gasteiger partial charge in [-0.3, -0.25) is 4.79 Å². The summed E-state index contributed by atoms with van der Waals surface area (Å²) in [6.07, 6.45) is 3.28. The second-order valence-electron chi connectivity index (χ2n) is 6.04. The quantitative estimate of drug-likeness (QED) is 0.302. The first-order chi connectivity index (χ1) is 10.7. The van der Waals surface area contributed by atoms with Crippen molar-refractivity contribution in [2.45, 2.75) is 40.7 Å². The Balaban J connectivity index is 0. The van der Waals surface area contributed by atoms with Crippen LogP contribution < -0.4 is 12.4 Å². The van der Waals surface area contributed by atoms with Gasteiger partial charge in [-0.1, -0.05) is 6.58 Å². The number of aliphatic hydroxyl groups is 1. The Morgan fingerprint density at radius 2 is 1.54 bits per heavy atom. The van der Waals surface area contributed by atoms with Crippen LogP contribution in [0.15, 0.2) is 12.2 Å². The molecule has 0 saturated carbocycles. The highest BCUT2D eigenvalue weighted by Gasteiger charge is 2.36. The van der Waals surface area contributed by atoms with Crippen molar-refractivity contribution in [2.24, 2.45) is 5.92 Å². The normalized spacial score (nSPS) is 13.4. The van der Waals surface area contributed by atoms with Gasteiger partial charge in [0.25, 0.3) is 0 Å². The second-order valence-corrected chi connectivity index (χ2v) is 11.0. The largest absolute Gasteiger partial charge is 1.00 e. The van der Waals surface area contributed by atoms with Crippen LogP contribution in [0.1, 0.15) is 34.6 Å². The van der Waals surface area contributed by atoms with Crippen LogP contribution in [-0.4, -0.2) is 61.0 Å². The molecule has 0 aromatic rings. The minimum atomic E-state index is -1.08. The topological polar surface area (TPSA) is 72.8 Å². The van der Waals surface area contributed by atoms with E-state index >= 15 is 0 Å². The molecule has 2 unspecified atom stereocenters. The highest BCUT2D eigenvalue weighted by molar-refractivity contribution is 7.75. The predicted molar refractivity (Wildman–Crippen MR) is 95.3 cm³/mol. The molecule has 1 N–H and O–H groups in total. The van der Waals surface area contributed by atoms with E-state index < -0.39 is 19.3 Å². The molecule has 0 rings (SSSR count). The first kappa shape index (κ1) is 25.6. The number of hydrogen-bond acceptors (Lipinski definition) is 5. The van der Waals surface area contributed by atoms with E-state index in [0.717, 1.165) is 24.6 Å². The van der Waals surface area contributed by atoms with Gasteiger partial charge in [0, 0.05) is 12.8 Å². The standard InChI is InChI=1S/C17H32O5P.ClH/c1-7-23(8-2,9-3)12-14(6)17(20)22-11-15(18)10-21-16(19)13(4)5;/h14-15,18H,4,7-12H2,1-3,5-6H3;1H/q+1;/p-1. The van der Waals surface area contributed by atoms with E-state index in [9.17, 15) is 14.7 Å². The average Bonchev–Trinajstić information content (AvgIpc) is 2.54. The van der Waals surface area contributed by atoms with Crippen molar-refractivity contribution in [1.29, 1.82) is 0 Å². The summed E-state index contributed by atoms with van der Waals surface area (Å²) < 4.78 is 9.97. The molecule has 0 aliphatic heterocycles. The van der Waals surface area contributed by atoms with Gasteiger partial charge < -0.3 is 27.0 Å². The molecule has 0 fully saturated rings. The Kier molecular flexibility index (Phi) is 13.5. The molecule has 5 nitrogen and oxygen atoms in total. The van der Waals surface area contributed by atoms with Crippen LogP contribution in [0.2, 0.25) is 0 Å². The van der Waals surface area contributed by atoms with E-state index in [1.165, 1.54) is 6.92 Å². The summed E-state index contributed by atoms with van der Waals surface area (Å²) in [6, 6.07) is 0. The zero-order valence-corrected chi connectivity index (χ0v) is 17.2. The molecule has 7 heteroatoms. The number of aliphatic hydroxyl groups excluding tert-OH is 1. The highest BCUT2D eigenvalue weighted by Crippen LogP contribution is 2.58. The second kappa shape index (κ2) is 12.7. The van der Waals surface area contributed by atoms with Crippen LogP contribution in [-0.2, 0) is 19.1 Å². The molecule has 0 radical (unpaired) electrons. The maximum Gasteiger partial charge on any atom is 0.333 e. The Bertz CT molecular complexity index is 402. The lowest BCUT2D eigenvalue weighted by atomic mass is 10.2. The summed E-state index contributed by atoms with van der Waals surface area (Å²) >= 11 is 0. The van der Waals surface area contributed by atoms with Crippen molar-refractivity contribution in [3.05, 3.63) is 12.2 Å². The predicted octanol–water partition coefficient (Wildman–Crippen LogP) is -0.273. The Morgan fingerprint density at radius 3 is 1.96 bits per heavy atom. The van der Waals surface area contributed by atoms with Crippen molar-refractivity contribution in [3.63, 3.8) is 0 Å². The fraction of sp³-hybridized carbons (Fsp3) is 0.765. The molecule has 0 spiro atoms. The van der Waals surface area contributed by atoms with E-state index in [4.69, 9.17) is 9.47 Å². The maximum atomic E-state index is 12.1. The summed E-state index contributed by atoms with van der Waals surface area (Å²) in [5.74, 6) is -1.03. The number of rotatable bonds is 11. The van der Waals surface area contributed by atoms with Crippen LogP contribution in [0, 0.1) is 5.92 Å². The molecule has 142 valence electrons. The van der Waals surface area contributed by atoms with Gasteiger partial charge in [0.2, 0.25) is 0 Å². The molecule has 0 aliphatic carbocycles. The number of carbonyl (C=O) groups is 2. The van der Waals surface area contributed by atoms with E-state index in [1.54, 1.807) is 0 Å². The van der Waals surface area contributed by atoms with Crippen LogP contribution in [0.25, 0.3) is 0 Å². The zero-order chi connectivity index (χ0) is 18.0. The lowest BCUT2D eigenvalue weighted by Gasteiger charge is -2.26. The molecule has 0 bridgehead atoms. The molecule has 0 aliphatic rings. The van der Waals surface area contributed by atoms with E-state index in [1.807, 2.05) is 6.92 Å². The summed E-state index contributed by atoms with van der Waals surface area (Å²) in [5, 5.41) is 9.70. The summed E-state index contributed by atoms with van der Waals surface area (Å²) in [6.45, 7) is 13.1. The van der Waals surface area contributed by atoms with E-state index in [2.05, 4.69) is 27.4 Å². The van der Waals surface area contributed by atoms with Crippen LogP contribution in [0.3, 0.4) is 0 Å². The Morgan fingerprint density at radius 1 is 1.08 bits per heavy atom. The van der Waals surface area contributed by atoms with Gasteiger partial charge in [-0.15, -0.1) is 0 Å². The molecular formula is C17H32ClO5P. The van der Waals surface area contributed by atoms with Crippen molar-refractivity contribution < 1.29 is 36.6 Å². The van der Waals surface area contributed by atoms with Gasteiger partial charge in [0.05, 0.1) is 30.6 Å². The van der Waals surface area contributed by atoms with Gasteiger partial charge in [-0.05, 0) is 34.6 Å². The third-order valence-corrected chi connectivity index (χ3v) is 9.60. The van der Waals surface area contributed by atoms with Crippen LogP contribution >= 0.6 is 7.26 Å². The SMILES string of the molecule is C=C(C)C(=O)OCC(O)COC(=O)C(C)C[P+](CC)(CC)CC.[Cl-]. The maximum absolute atomic E-state index is 12.1. The summed E-state index contributed by atoms with van der Waals surface area (Å²) in [5.41, 5.74) is 0.266. The van der Waals surface area contributed by atoms with Crippen LogP contribution in [0.4, 0.5) is 0 Å². The van der Waals surface area contributed by atoms with Gasteiger partial charge in [0.15, 0.2) is 0 Å². The summed E-state index contributed by atoms with van der Waals surface area (Å²) in [4.78, 5) is 23.3. The molecule has 24 heavy (non-hydrogen) atoms. The molecule has 2 atom stereocenters. The zero-order valence-electron chi connectivity index (χ0n) is 15.5. The third-order valence-electron chi connectivity index (χ3n) is 4.25. The number of halogens is 1. The number of carbonyl (C=O) groups excluding carboxylic acids is 2. The minimum absolute atomic E-state index is 0. The summed E-state index contributed by atoms with van der Waals surface area (Å²) in [7, 11) is -1.08. The minimum Gasteiger partial charge on any atom is -1.00 e. The molecular weight excluding hydrogens is 351 g/mol. The highest BCUT2D eigenvalue weighted by atomic mass is 35.5. The van der Waals surface area contributed by atoms with Gasteiger partial charge >= 0.3 is 11.9 Å². The van der Waals surface area contributed by atoms with E-state index in [0.29, 0.717) is 0 Å². The van der Waals surface area contributed by atoms with Crippen LogP contribution in [0.5, 0.6) is 0 Å². The van der Waals surface area contributed by atoms with Gasteiger partial charge in [-0.25, -0.2) is 4.79 Å². The molecule has 0 heterocycles. The van der Waals surface area contributed by atoms with Crippen molar-refractivity contribution in [3.8, 4) is 0 Å². The fourth-order valence-electron chi connectivity index (χ4n) is 2.38. The Hall–Kier alpha value is -0.640. The smallest absolute Gasteiger partial charge is 0.333 e. The first-order valence-electron chi connectivity index (χ1n) is 8.23. The number of esters is 2. The lowest BCUT2D eigenvalue weighted by molar-refractivity contribution is -0.153. The third kappa shape index (κ3) is 9.00. The van der Waals surface area contributed by atoms with E-state index in [-0.39, 0.29) is 43.1 Å². The Labute approximate surface area is 152 Å². The van der Waals surface area contributed by atoms with Gasteiger partial charge in [0.1, 0.15) is 19.3 Å². The average molecular weight is 383 g/mol. The first-order valence-corrected chi connectivity index (χ1v) is 10.8.